The third kappa shape index (κ3) is 3.77. The van der Waals surface area contributed by atoms with E-state index >= 15 is 0 Å². The average Bonchev–Trinajstić information content (AvgIpc) is 3.15. The van der Waals surface area contributed by atoms with Crippen molar-refractivity contribution in [2.24, 2.45) is 7.05 Å². The maximum atomic E-state index is 13.1. The fourth-order valence-electron chi connectivity index (χ4n) is 2.58. The Labute approximate surface area is 157 Å². The van der Waals surface area contributed by atoms with Crippen LogP contribution in [-0.4, -0.2) is 29.2 Å². The minimum atomic E-state index is -5.03. The number of rotatable bonds is 3. The highest BCUT2D eigenvalue weighted by atomic mass is 19.4. The molecule has 3 aromatic rings. The lowest BCUT2D eigenvalue weighted by Gasteiger charge is -2.13. The molecule has 0 saturated heterocycles. The molecule has 1 aromatic carbocycles. The van der Waals surface area contributed by atoms with Crippen molar-refractivity contribution in [1.29, 1.82) is 0 Å². The fraction of sp³-hybridized carbons (Fsp3) is 0.267. The minimum Gasteiger partial charge on any atom is -0.358 e. The van der Waals surface area contributed by atoms with E-state index in [1.807, 2.05) is 0 Å². The van der Waals surface area contributed by atoms with Crippen LogP contribution in [0.5, 0.6) is 0 Å². The average molecular weight is 420 g/mol. The highest BCUT2D eigenvalue weighted by Gasteiger charge is 2.37. The number of hydrogen-bond acceptors (Lipinski definition) is 5. The molecule has 0 aliphatic heterocycles. The van der Waals surface area contributed by atoms with Gasteiger partial charge in [0.05, 0.1) is 11.1 Å². The largest absolute Gasteiger partial charge is 0.416 e. The van der Waals surface area contributed by atoms with E-state index in [0.717, 1.165) is 11.0 Å². The molecule has 3 rings (SSSR count). The smallest absolute Gasteiger partial charge is 0.358 e. The van der Waals surface area contributed by atoms with E-state index in [-0.39, 0.29) is 17.7 Å². The highest BCUT2D eigenvalue weighted by molar-refractivity contribution is 5.59. The molecule has 8 nitrogen and oxygen atoms in total. The zero-order chi connectivity index (χ0) is 21.7. The molecule has 0 radical (unpaired) electrons. The number of halogens is 6. The second-order valence-electron chi connectivity index (χ2n) is 5.95. The lowest BCUT2D eigenvalue weighted by Crippen LogP contribution is -2.11. The first-order valence-electron chi connectivity index (χ1n) is 7.68. The van der Waals surface area contributed by atoms with E-state index in [4.69, 9.17) is 0 Å². The van der Waals surface area contributed by atoms with Gasteiger partial charge in [-0.25, -0.2) is 4.98 Å². The molecule has 14 heteroatoms. The second-order valence-corrected chi connectivity index (χ2v) is 5.95. The summed E-state index contributed by atoms with van der Waals surface area (Å²) in [6.45, 7) is 1.34. The van der Waals surface area contributed by atoms with Crippen molar-refractivity contribution >= 4 is 5.82 Å². The Morgan fingerprint density at radius 1 is 1.03 bits per heavy atom. The van der Waals surface area contributed by atoms with Crippen LogP contribution in [0.4, 0.5) is 32.2 Å². The van der Waals surface area contributed by atoms with Gasteiger partial charge in [-0.15, -0.1) is 5.10 Å². The molecule has 154 valence electrons. The number of benzene rings is 1. The summed E-state index contributed by atoms with van der Waals surface area (Å²) in [5.74, 6) is -1.23. The molecule has 2 heterocycles. The Hall–Kier alpha value is -3.45. The van der Waals surface area contributed by atoms with Crippen molar-refractivity contribution in [2.75, 3.05) is 0 Å². The Bertz CT molecular complexity index is 1070. The first kappa shape index (κ1) is 20.3. The van der Waals surface area contributed by atoms with Crippen LogP contribution in [0.3, 0.4) is 0 Å². The monoisotopic (exact) mass is 420 g/mol. The number of imidazole rings is 1. The first-order chi connectivity index (χ1) is 13.3. The molecule has 29 heavy (non-hydrogen) atoms. The van der Waals surface area contributed by atoms with Crippen LogP contribution in [0.15, 0.2) is 24.5 Å². The van der Waals surface area contributed by atoms with Crippen molar-refractivity contribution in [1.82, 2.24) is 24.3 Å². The lowest BCUT2D eigenvalue weighted by atomic mass is 10.0. The number of hydrogen-bond donors (Lipinski definition) is 0. The topological polar surface area (TPSA) is 91.7 Å². The summed E-state index contributed by atoms with van der Waals surface area (Å²) in [6, 6.07) is 0.942. The molecule has 0 unspecified atom stereocenters. The molecule has 0 bridgehead atoms. The molecular formula is C15H10F6N6O2. The van der Waals surface area contributed by atoms with E-state index in [1.54, 1.807) is 0 Å². The van der Waals surface area contributed by atoms with Crippen LogP contribution < -0.4 is 0 Å². The molecule has 0 aliphatic rings. The van der Waals surface area contributed by atoms with Gasteiger partial charge in [0, 0.05) is 12.6 Å². The van der Waals surface area contributed by atoms with Crippen molar-refractivity contribution in [2.45, 2.75) is 19.3 Å². The predicted molar refractivity (Wildman–Crippen MR) is 85.0 cm³/mol. The standard InChI is InChI=1S/C15H10F6N6O2/c1-7-23-11(24-26(7)13-12(27(28)29)22-6-25(13)2)8-3-9(14(16,17)18)5-10(4-8)15(19,20)21/h3-6H,1-2H3. The quantitative estimate of drug-likeness (QED) is 0.364. The molecule has 2 aromatic heterocycles. The van der Waals surface area contributed by atoms with Gasteiger partial charge in [-0.1, -0.05) is 0 Å². The summed E-state index contributed by atoms with van der Waals surface area (Å²) in [6.07, 6.45) is -8.96. The molecule has 0 N–H and O–H groups in total. The van der Waals surface area contributed by atoms with E-state index in [1.165, 1.54) is 18.5 Å². The first-order valence-corrected chi connectivity index (χ1v) is 7.68. The number of nitrogens with zero attached hydrogens (tertiary/aromatic N) is 6. The third-order valence-electron chi connectivity index (χ3n) is 3.88. The van der Waals surface area contributed by atoms with E-state index in [0.29, 0.717) is 12.1 Å². The molecule has 0 atom stereocenters. The Kier molecular flexibility index (Phi) is 4.59. The van der Waals surface area contributed by atoms with Gasteiger partial charge >= 0.3 is 18.2 Å². The van der Waals surface area contributed by atoms with Gasteiger partial charge in [-0.3, -0.25) is 4.57 Å². The number of nitro groups is 1. The molecule has 0 spiro atoms. The maximum Gasteiger partial charge on any atom is 0.416 e. The van der Waals surface area contributed by atoms with Crippen molar-refractivity contribution in [3.05, 3.63) is 51.6 Å². The summed E-state index contributed by atoms with van der Waals surface area (Å²) in [5.41, 5.74) is -3.59. The number of aryl methyl sites for hydroxylation is 2. The van der Waals surface area contributed by atoms with Crippen LogP contribution in [-0.2, 0) is 19.4 Å². The summed E-state index contributed by atoms with van der Waals surface area (Å²) in [7, 11) is 1.40. The summed E-state index contributed by atoms with van der Waals surface area (Å²) < 4.78 is 80.5. The van der Waals surface area contributed by atoms with Gasteiger partial charge in [0.1, 0.15) is 5.82 Å². The van der Waals surface area contributed by atoms with Crippen molar-refractivity contribution in [3.8, 4) is 17.2 Å². The fourth-order valence-corrected chi connectivity index (χ4v) is 2.58. The third-order valence-corrected chi connectivity index (χ3v) is 3.88. The van der Waals surface area contributed by atoms with Gasteiger partial charge < -0.3 is 10.1 Å². The van der Waals surface area contributed by atoms with E-state index in [9.17, 15) is 36.5 Å². The minimum absolute atomic E-state index is 0.00216. The second kappa shape index (κ2) is 6.56. The van der Waals surface area contributed by atoms with Gasteiger partial charge in [-0.2, -0.15) is 31.0 Å². The summed E-state index contributed by atoms with van der Waals surface area (Å²) in [5, 5.41) is 15.0. The molecule has 0 amide bonds. The molecule has 0 aliphatic carbocycles. The van der Waals surface area contributed by atoms with E-state index in [2.05, 4.69) is 15.1 Å². The predicted octanol–water partition coefficient (Wildman–Crippen LogP) is 3.92. The van der Waals surface area contributed by atoms with E-state index < -0.39 is 45.6 Å². The Morgan fingerprint density at radius 3 is 2.07 bits per heavy atom. The van der Waals surface area contributed by atoms with Crippen LogP contribution in [0.2, 0.25) is 0 Å². The normalized spacial score (nSPS) is 12.4. The zero-order valence-electron chi connectivity index (χ0n) is 14.6. The molecule has 0 fully saturated rings. The Balaban J connectivity index is 2.20. The number of alkyl halides is 6. The van der Waals surface area contributed by atoms with Crippen LogP contribution in [0.25, 0.3) is 17.2 Å². The Morgan fingerprint density at radius 2 is 1.59 bits per heavy atom. The van der Waals surface area contributed by atoms with Gasteiger partial charge in [0.25, 0.3) is 0 Å². The SMILES string of the molecule is Cc1nc(-c2cc(C(F)(F)F)cc(C(F)(F)F)c2)nn1-c1c([N+](=O)[O-])ncn1C. The van der Waals surface area contributed by atoms with Crippen molar-refractivity contribution in [3.63, 3.8) is 0 Å². The maximum absolute atomic E-state index is 13.1. The zero-order valence-corrected chi connectivity index (χ0v) is 14.6. The summed E-state index contributed by atoms with van der Waals surface area (Å²) in [4.78, 5) is 17.8. The highest BCUT2D eigenvalue weighted by Crippen LogP contribution is 2.38. The van der Waals surface area contributed by atoms with Crippen LogP contribution >= 0.6 is 0 Å². The number of aromatic nitrogens is 5. The van der Waals surface area contributed by atoms with Crippen LogP contribution in [0.1, 0.15) is 17.0 Å². The molecular weight excluding hydrogens is 410 g/mol. The van der Waals surface area contributed by atoms with Crippen LogP contribution in [0, 0.1) is 17.0 Å². The lowest BCUT2D eigenvalue weighted by molar-refractivity contribution is -0.389. The van der Waals surface area contributed by atoms with Gasteiger partial charge in [-0.05, 0) is 35.0 Å². The van der Waals surface area contributed by atoms with Gasteiger partial charge in [0.2, 0.25) is 12.1 Å². The molecule has 0 saturated carbocycles. The van der Waals surface area contributed by atoms with Crippen molar-refractivity contribution < 1.29 is 31.3 Å². The summed E-state index contributed by atoms with van der Waals surface area (Å²) >= 11 is 0. The van der Waals surface area contributed by atoms with Gasteiger partial charge in [0.15, 0.2) is 5.82 Å².